The van der Waals surface area contributed by atoms with Gasteiger partial charge in [-0.05, 0) is 35.4 Å². The molecule has 0 saturated heterocycles. The zero-order chi connectivity index (χ0) is 8.55. The fourth-order valence-corrected chi connectivity index (χ4v) is 1.42. The molecule has 2 rings (SSSR count). The zero-order valence-corrected chi connectivity index (χ0v) is 9.17. The van der Waals surface area contributed by atoms with Crippen LogP contribution in [-0.2, 0) is 0 Å². The van der Waals surface area contributed by atoms with Crippen molar-refractivity contribution in [3.05, 3.63) is 21.0 Å². The Morgan fingerprint density at radius 1 is 1.50 bits per heavy atom. The number of ether oxygens (including phenoxy) is 1. The normalized spacial score (nSPS) is 16.2. The second-order valence-electron chi connectivity index (χ2n) is 2.75. The van der Waals surface area contributed by atoms with E-state index in [1.165, 1.54) is 0 Å². The fourth-order valence-electron chi connectivity index (χ4n) is 0.849. The van der Waals surface area contributed by atoms with Gasteiger partial charge in [-0.25, -0.2) is 0 Å². The molecule has 64 valence electrons. The maximum absolute atomic E-state index is 5.99. The van der Waals surface area contributed by atoms with Crippen LogP contribution >= 0.6 is 34.2 Å². The molecule has 1 heterocycles. The van der Waals surface area contributed by atoms with Gasteiger partial charge in [0.2, 0.25) is 0 Å². The topological polar surface area (TPSA) is 22.1 Å². The number of nitrogens with zero attached hydrogens (tertiary/aromatic N) is 1. The van der Waals surface area contributed by atoms with Crippen molar-refractivity contribution in [1.29, 1.82) is 0 Å². The van der Waals surface area contributed by atoms with Crippen molar-refractivity contribution in [2.75, 3.05) is 0 Å². The summed E-state index contributed by atoms with van der Waals surface area (Å²) in [6.07, 6.45) is 6.05. The lowest BCUT2D eigenvalue weighted by Gasteiger charge is -2.05. The molecule has 0 spiro atoms. The molecule has 0 unspecified atom stereocenters. The van der Waals surface area contributed by atoms with Crippen molar-refractivity contribution >= 4 is 34.2 Å². The fraction of sp³-hybridized carbons (Fsp3) is 0.375. The molecule has 1 aromatic heterocycles. The van der Waals surface area contributed by atoms with Gasteiger partial charge in [-0.3, -0.25) is 4.98 Å². The highest BCUT2D eigenvalue weighted by Crippen LogP contribution is 2.33. The minimum atomic E-state index is 0.377. The molecule has 0 N–H and O–H groups in total. The molecule has 0 bridgehead atoms. The van der Waals surface area contributed by atoms with Crippen molar-refractivity contribution in [3.8, 4) is 5.75 Å². The molecule has 1 fully saturated rings. The SMILES string of the molecule is Clc1c(I)cncc1OC1CC1. The van der Waals surface area contributed by atoms with Crippen LogP contribution in [0.15, 0.2) is 12.4 Å². The molecule has 0 aromatic carbocycles. The van der Waals surface area contributed by atoms with Crippen molar-refractivity contribution in [2.45, 2.75) is 18.9 Å². The molecule has 1 aromatic rings. The van der Waals surface area contributed by atoms with E-state index in [2.05, 4.69) is 27.6 Å². The third-order valence-electron chi connectivity index (χ3n) is 1.62. The van der Waals surface area contributed by atoms with Gasteiger partial charge in [0.05, 0.1) is 20.9 Å². The van der Waals surface area contributed by atoms with Gasteiger partial charge >= 0.3 is 0 Å². The van der Waals surface area contributed by atoms with E-state index in [4.69, 9.17) is 16.3 Å². The third kappa shape index (κ3) is 1.82. The van der Waals surface area contributed by atoms with Gasteiger partial charge in [0, 0.05) is 6.20 Å². The van der Waals surface area contributed by atoms with E-state index in [0.717, 1.165) is 16.4 Å². The first-order chi connectivity index (χ1) is 5.77. The first-order valence-corrected chi connectivity index (χ1v) is 5.18. The number of rotatable bonds is 2. The Kier molecular flexibility index (Phi) is 2.41. The number of pyridine rings is 1. The number of halogens is 2. The van der Waals surface area contributed by atoms with E-state index in [9.17, 15) is 0 Å². The molecule has 1 saturated carbocycles. The molecular weight excluding hydrogens is 288 g/mol. The van der Waals surface area contributed by atoms with E-state index in [1.54, 1.807) is 12.4 Å². The quantitative estimate of drug-likeness (QED) is 0.783. The van der Waals surface area contributed by atoms with Crippen molar-refractivity contribution in [3.63, 3.8) is 0 Å². The number of hydrogen-bond donors (Lipinski definition) is 0. The van der Waals surface area contributed by atoms with E-state index in [-0.39, 0.29) is 0 Å². The van der Waals surface area contributed by atoms with Crippen molar-refractivity contribution in [1.82, 2.24) is 4.98 Å². The predicted molar refractivity (Wildman–Crippen MR) is 55.6 cm³/mol. The Labute approximate surface area is 89.4 Å². The monoisotopic (exact) mass is 295 g/mol. The summed E-state index contributed by atoms with van der Waals surface area (Å²) in [4.78, 5) is 4.01. The highest BCUT2D eigenvalue weighted by molar-refractivity contribution is 14.1. The average Bonchev–Trinajstić information content (AvgIpc) is 2.83. The second kappa shape index (κ2) is 3.38. The maximum atomic E-state index is 5.99. The molecule has 2 nitrogen and oxygen atoms in total. The summed E-state index contributed by atoms with van der Waals surface area (Å²) in [5.41, 5.74) is 0. The van der Waals surface area contributed by atoms with E-state index in [1.807, 2.05) is 0 Å². The third-order valence-corrected chi connectivity index (χ3v) is 3.15. The summed E-state index contributed by atoms with van der Waals surface area (Å²) in [6, 6.07) is 0. The number of aromatic nitrogens is 1. The van der Waals surface area contributed by atoms with Crippen LogP contribution in [0.4, 0.5) is 0 Å². The second-order valence-corrected chi connectivity index (χ2v) is 4.29. The van der Waals surface area contributed by atoms with Gasteiger partial charge in [-0.2, -0.15) is 0 Å². The Hall–Kier alpha value is -0.0300. The first kappa shape index (κ1) is 8.56. The molecule has 1 aliphatic rings. The summed E-state index contributed by atoms with van der Waals surface area (Å²) < 4.78 is 6.48. The largest absolute Gasteiger partial charge is 0.487 e. The summed E-state index contributed by atoms with van der Waals surface area (Å²) in [5, 5.41) is 0.678. The molecule has 0 amide bonds. The molecule has 12 heavy (non-hydrogen) atoms. The Balaban J connectivity index is 2.23. The summed E-state index contributed by atoms with van der Waals surface area (Å²) in [6.45, 7) is 0. The summed E-state index contributed by atoms with van der Waals surface area (Å²) in [5.74, 6) is 0.714. The van der Waals surface area contributed by atoms with Crippen LogP contribution in [0.1, 0.15) is 12.8 Å². The smallest absolute Gasteiger partial charge is 0.157 e. The van der Waals surface area contributed by atoms with Crippen LogP contribution in [0.2, 0.25) is 5.02 Å². The maximum Gasteiger partial charge on any atom is 0.157 e. The molecule has 1 aliphatic carbocycles. The van der Waals surface area contributed by atoms with Gasteiger partial charge in [-0.15, -0.1) is 0 Å². The minimum Gasteiger partial charge on any atom is -0.487 e. The lowest BCUT2D eigenvalue weighted by molar-refractivity contribution is 0.302. The highest BCUT2D eigenvalue weighted by Gasteiger charge is 2.24. The van der Waals surface area contributed by atoms with Gasteiger partial charge in [0.15, 0.2) is 5.75 Å². The summed E-state index contributed by atoms with van der Waals surface area (Å²) in [7, 11) is 0. The van der Waals surface area contributed by atoms with Crippen LogP contribution in [0.25, 0.3) is 0 Å². The van der Waals surface area contributed by atoms with Crippen LogP contribution in [0.5, 0.6) is 5.75 Å². The number of hydrogen-bond acceptors (Lipinski definition) is 2. The van der Waals surface area contributed by atoms with Crippen molar-refractivity contribution in [2.24, 2.45) is 0 Å². The molecule has 0 aliphatic heterocycles. The van der Waals surface area contributed by atoms with Crippen LogP contribution in [0.3, 0.4) is 0 Å². The standard InChI is InChI=1S/C8H7ClINO/c9-8-6(10)3-11-4-7(8)12-5-1-2-5/h3-5H,1-2H2. The van der Waals surface area contributed by atoms with Gasteiger partial charge < -0.3 is 4.74 Å². The highest BCUT2D eigenvalue weighted by atomic mass is 127. The van der Waals surface area contributed by atoms with E-state index >= 15 is 0 Å². The summed E-state index contributed by atoms with van der Waals surface area (Å²) >= 11 is 8.14. The van der Waals surface area contributed by atoms with Gasteiger partial charge in [-0.1, -0.05) is 11.6 Å². The predicted octanol–water partition coefficient (Wildman–Crippen LogP) is 2.88. The molecule has 0 atom stereocenters. The minimum absolute atomic E-state index is 0.377. The lowest BCUT2D eigenvalue weighted by Crippen LogP contribution is -1.97. The van der Waals surface area contributed by atoms with Crippen LogP contribution in [-0.4, -0.2) is 11.1 Å². The van der Waals surface area contributed by atoms with Gasteiger partial charge in [0.1, 0.15) is 0 Å². The average molecular weight is 296 g/mol. The lowest BCUT2D eigenvalue weighted by atomic mass is 10.4. The molecule has 4 heteroatoms. The van der Waals surface area contributed by atoms with E-state index < -0.39 is 0 Å². The van der Waals surface area contributed by atoms with Gasteiger partial charge in [0.25, 0.3) is 0 Å². The Morgan fingerprint density at radius 3 is 2.92 bits per heavy atom. The zero-order valence-electron chi connectivity index (χ0n) is 6.26. The Morgan fingerprint density at radius 2 is 2.25 bits per heavy atom. The van der Waals surface area contributed by atoms with Crippen molar-refractivity contribution < 1.29 is 4.74 Å². The Bertz CT molecular complexity index is 301. The van der Waals surface area contributed by atoms with Crippen LogP contribution in [0, 0.1) is 3.57 Å². The first-order valence-electron chi connectivity index (χ1n) is 3.73. The van der Waals surface area contributed by atoms with Crippen LogP contribution < -0.4 is 4.74 Å². The van der Waals surface area contributed by atoms with E-state index in [0.29, 0.717) is 16.9 Å². The molecular formula is C8H7ClINO. The molecule has 0 radical (unpaired) electrons.